The Morgan fingerprint density at radius 2 is 2.24 bits per heavy atom. The van der Waals surface area contributed by atoms with Gasteiger partial charge < -0.3 is 21.1 Å². The molecule has 4 N–H and O–H groups in total. The highest BCUT2D eigenvalue weighted by atomic mass is 35.5. The van der Waals surface area contributed by atoms with Crippen LogP contribution in [-0.2, 0) is 0 Å². The smallest absolute Gasteiger partial charge is 0.341 e. The summed E-state index contributed by atoms with van der Waals surface area (Å²) in [5.41, 5.74) is 6.61. The Morgan fingerprint density at radius 1 is 1.41 bits per heavy atom. The first-order valence-corrected chi connectivity index (χ1v) is 9.02. The molecule has 0 aromatic carbocycles. The normalized spacial score (nSPS) is 16.1. The number of carboxylic acid groups (broad SMARTS) is 1. The summed E-state index contributed by atoms with van der Waals surface area (Å²) in [6.07, 6.45) is 5.84. The fourth-order valence-electron chi connectivity index (χ4n) is 3.58. The van der Waals surface area contributed by atoms with Crippen LogP contribution in [0.4, 0.5) is 16.0 Å². The van der Waals surface area contributed by atoms with Gasteiger partial charge in [-0.1, -0.05) is 0 Å². The van der Waals surface area contributed by atoms with Crippen LogP contribution in [0, 0.1) is 5.82 Å². The molecule has 3 aromatic heterocycles. The van der Waals surface area contributed by atoms with E-state index in [4.69, 9.17) is 5.73 Å². The molecule has 1 fully saturated rings. The summed E-state index contributed by atoms with van der Waals surface area (Å²) in [6, 6.07) is 3.13. The maximum absolute atomic E-state index is 13.9. The third kappa shape index (κ3) is 3.94. The summed E-state index contributed by atoms with van der Waals surface area (Å²) in [7, 11) is 0. The van der Waals surface area contributed by atoms with E-state index in [0.29, 0.717) is 24.7 Å². The molecular formula is C18H21ClFN7O2. The Kier molecular flexibility index (Phi) is 6.14. The first-order chi connectivity index (χ1) is 13.6. The van der Waals surface area contributed by atoms with Gasteiger partial charge in [0, 0.05) is 31.4 Å². The van der Waals surface area contributed by atoms with Gasteiger partial charge in [0.15, 0.2) is 5.65 Å². The summed E-state index contributed by atoms with van der Waals surface area (Å²) in [5.74, 6) is -0.278. The van der Waals surface area contributed by atoms with Crippen molar-refractivity contribution in [2.24, 2.45) is 5.73 Å². The van der Waals surface area contributed by atoms with Gasteiger partial charge in [0.2, 0.25) is 0 Å². The van der Waals surface area contributed by atoms with Crippen LogP contribution in [0.25, 0.3) is 5.65 Å². The standard InChI is InChI=1S/C18H20FN7O2.ClH/c19-11-8-12(16(22-9-11)21-5-4-20)14-2-1-6-25(14)15-3-7-26-17(24-15)13(10-23-26)18(27)28;/h3,7-10,14H,1-2,4-6,20H2,(H,21,22)(H,27,28);1H/t14-;/m1./s1. The van der Waals surface area contributed by atoms with E-state index in [1.165, 1.54) is 23.0 Å². The molecule has 3 aromatic rings. The number of pyridine rings is 1. The summed E-state index contributed by atoms with van der Waals surface area (Å²) in [6.45, 7) is 1.68. The first kappa shape index (κ1) is 20.7. The van der Waals surface area contributed by atoms with Crippen molar-refractivity contribution in [3.8, 4) is 0 Å². The van der Waals surface area contributed by atoms with Gasteiger partial charge in [-0.2, -0.15) is 5.10 Å². The number of aromatic carboxylic acids is 1. The van der Waals surface area contributed by atoms with Crippen molar-refractivity contribution in [3.05, 3.63) is 47.7 Å². The zero-order chi connectivity index (χ0) is 19.7. The predicted molar refractivity (Wildman–Crippen MR) is 108 cm³/mol. The number of aromatic nitrogens is 4. The van der Waals surface area contributed by atoms with Crippen molar-refractivity contribution in [3.63, 3.8) is 0 Å². The number of anilines is 2. The quantitative estimate of drug-likeness (QED) is 0.553. The lowest BCUT2D eigenvalue weighted by molar-refractivity contribution is 0.0698. The predicted octanol–water partition coefficient (Wildman–Crippen LogP) is 2.10. The molecule has 0 unspecified atom stereocenters. The van der Waals surface area contributed by atoms with Crippen molar-refractivity contribution < 1.29 is 14.3 Å². The Hall–Kier alpha value is -2.98. The minimum atomic E-state index is -1.08. The van der Waals surface area contributed by atoms with Crippen LogP contribution >= 0.6 is 12.4 Å². The number of hydrogen-bond donors (Lipinski definition) is 3. The summed E-state index contributed by atoms with van der Waals surface area (Å²) >= 11 is 0. The highest BCUT2D eigenvalue weighted by Crippen LogP contribution is 2.38. The molecule has 0 amide bonds. The van der Waals surface area contributed by atoms with Crippen LogP contribution in [0.3, 0.4) is 0 Å². The average Bonchev–Trinajstić information content (AvgIpc) is 3.33. The third-order valence-corrected chi connectivity index (χ3v) is 4.81. The van der Waals surface area contributed by atoms with Gasteiger partial charge in [0.05, 0.1) is 18.4 Å². The fourth-order valence-corrected chi connectivity index (χ4v) is 3.58. The van der Waals surface area contributed by atoms with E-state index < -0.39 is 11.8 Å². The monoisotopic (exact) mass is 421 g/mol. The summed E-state index contributed by atoms with van der Waals surface area (Å²) < 4.78 is 15.4. The Morgan fingerprint density at radius 3 is 3.00 bits per heavy atom. The van der Waals surface area contributed by atoms with E-state index in [1.807, 2.05) is 4.90 Å². The second-order valence-corrected chi connectivity index (χ2v) is 6.58. The molecule has 154 valence electrons. The van der Waals surface area contributed by atoms with Crippen molar-refractivity contribution in [1.82, 2.24) is 19.6 Å². The van der Waals surface area contributed by atoms with Crippen molar-refractivity contribution in [2.45, 2.75) is 18.9 Å². The minimum Gasteiger partial charge on any atom is -0.477 e. The minimum absolute atomic E-state index is 0. The van der Waals surface area contributed by atoms with E-state index in [0.717, 1.165) is 24.9 Å². The number of fused-ring (bicyclic) bond motifs is 1. The SMILES string of the molecule is Cl.NCCNc1ncc(F)cc1[C@H]1CCCN1c1ccn2ncc(C(=O)O)c2n1. The summed E-state index contributed by atoms with van der Waals surface area (Å²) in [5, 5.41) is 16.5. The van der Waals surface area contributed by atoms with E-state index >= 15 is 0 Å². The van der Waals surface area contributed by atoms with Gasteiger partial charge in [-0.3, -0.25) is 0 Å². The van der Waals surface area contributed by atoms with Gasteiger partial charge in [0.25, 0.3) is 0 Å². The van der Waals surface area contributed by atoms with Gasteiger partial charge in [-0.05, 0) is 25.0 Å². The number of rotatable bonds is 6. The molecule has 29 heavy (non-hydrogen) atoms. The molecular weight excluding hydrogens is 401 g/mol. The molecule has 0 saturated carbocycles. The number of halogens is 2. The van der Waals surface area contributed by atoms with Gasteiger partial charge in [-0.15, -0.1) is 12.4 Å². The fraction of sp³-hybridized carbons (Fsp3) is 0.333. The molecule has 0 bridgehead atoms. The molecule has 11 heteroatoms. The second kappa shape index (κ2) is 8.58. The molecule has 4 rings (SSSR count). The van der Waals surface area contributed by atoms with E-state index in [1.54, 1.807) is 12.3 Å². The van der Waals surface area contributed by atoms with Crippen LogP contribution in [-0.4, -0.2) is 50.3 Å². The highest BCUT2D eigenvalue weighted by Gasteiger charge is 2.30. The molecule has 9 nitrogen and oxygen atoms in total. The van der Waals surface area contributed by atoms with Crippen LogP contribution in [0.5, 0.6) is 0 Å². The summed E-state index contributed by atoms with van der Waals surface area (Å²) in [4.78, 5) is 22.2. The van der Waals surface area contributed by atoms with Crippen LogP contribution in [0.1, 0.15) is 34.8 Å². The first-order valence-electron chi connectivity index (χ1n) is 9.02. The van der Waals surface area contributed by atoms with Gasteiger partial charge in [0.1, 0.15) is 23.0 Å². The Bertz CT molecular complexity index is 1030. The van der Waals surface area contributed by atoms with Crippen molar-refractivity contribution >= 4 is 35.7 Å². The molecule has 1 saturated heterocycles. The van der Waals surface area contributed by atoms with Crippen LogP contribution in [0.2, 0.25) is 0 Å². The molecule has 1 atom stereocenters. The number of nitrogens with two attached hydrogens (primary N) is 1. The Balaban J connectivity index is 0.00000240. The molecule has 0 spiro atoms. The van der Waals surface area contributed by atoms with E-state index in [9.17, 15) is 14.3 Å². The van der Waals surface area contributed by atoms with Gasteiger partial charge >= 0.3 is 5.97 Å². The Labute approximate surface area is 172 Å². The lowest BCUT2D eigenvalue weighted by Gasteiger charge is -2.27. The molecule has 0 radical (unpaired) electrons. The largest absolute Gasteiger partial charge is 0.477 e. The average molecular weight is 422 g/mol. The lowest BCUT2D eigenvalue weighted by Crippen LogP contribution is -2.25. The number of nitrogens with zero attached hydrogens (tertiary/aromatic N) is 5. The topological polar surface area (TPSA) is 122 Å². The third-order valence-electron chi connectivity index (χ3n) is 4.81. The van der Waals surface area contributed by atoms with Crippen LogP contribution in [0.15, 0.2) is 30.7 Å². The lowest BCUT2D eigenvalue weighted by atomic mass is 10.0. The van der Waals surface area contributed by atoms with E-state index in [-0.39, 0.29) is 29.7 Å². The number of hydrogen-bond acceptors (Lipinski definition) is 7. The maximum Gasteiger partial charge on any atom is 0.341 e. The zero-order valence-electron chi connectivity index (χ0n) is 15.5. The number of carboxylic acids is 1. The van der Waals surface area contributed by atoms with Crippen molar-refractivity contribution in [1.29, 1.82) is 0 Å². The van der Waals surface area contributed by atoms with Gasteiger partial charge in [-0.25, -0.2) is 23.7 Å². The number of carbonyl (C=O) groups is 1. The van der Waals surface area contributed by atoms with E-state index in [2.05, 4.69) is 20.4 Å². The maximum atomic E-state index is 13.9. The van der Waals surface area contributed by atoms with Crippen LogP contribution < -0.4 is 16.0 Å². The second-order valence-electron chi connectivity index (χ2n) is 6.58. The molecule has 1 aliphatic heterocycles. The highest BCUT2D eigenvalue weighted by molar-refractivity contribution is 5.94. The zero-order valence-corrected chi connectivity index (χ0v) is 16.3. The molecule has 1 aliphatic rings. The molecule has 0 aliphatic carbocycles. The molecule has 4 heterocycles. The number of nitrogens with one attached hydrogen (secondary N) is 1. The van der Waals surface area contributed by atoms with Crippen molar-refractivity contribution in [2.75, 3.05) is 29.9 Å².